The van der Waals surface area contributed by atoms with Gasteiger partial charge in [0.25, 0.3) is 0 Å². The molecule has 0 saturated heterocycles. The number of thiophene rings is 1. The maximum atomic E-state index is 4.37. The van der Waals surface area contributed by atoms with E-state index in [1.165, 1.54) is 10.4 Å². The molecule has 1 N–H and O–H groups in total. The number of hydrogen-bond acceptors (Lipinski definition) is 3. The number of nitrogens with zero attached hydrogens (tertiary/aromatic N) is 1. The van der Waals surface area contributed by atoms with E-state index < -0.39 is 0 Å². The number of anilines is 1. The highest BCUT2D eigenvalue weighted by molar-refractivity contribution is 7.10. The molecular formula is C12H14N2S. The van der Waals surface area contributed by atoms with E-state index in [-0.39, 0.29) is 0 Å². The minimum Gasteiger partial charge on any atom is -0.385 e. The van der Waals surface area contributed by atoms with Crippen molar-refractivity contribution in [1.82, 2.24) is 4.98 Å². The minimum atomic E-state index is 0.937. The number of rotatable bonds is 3. The average Bonchev–Trinajstić information content (AvgIpc) is 2.66. The number of pyridine rings is 1. The van der Waals surface area contributed by atoms with Gasteiger partial charge in [0.2, 0.25) is 0 Å². The van der Waals surface area contributed by atoms with Gasteiger partial charge in [-0.1, -0.05) is 0 Å². The summed E-state index contributed by atoms with van der Waals surface area (Å²) >= 11 is 1.76. The van der Waals surface area contributed by atoms with Gasteiger partial charge in [0.05, 0.1) is 5.69 Å². The van der Waals surface area contributed by atoms with Gasteiger partial charge in [-0.15, -0.1) is 11.3 Å². The molecule has 0 aliphatic carbocycles. The van der Waals surface area contributed by atoms with Gasteiger partial charge in [-0.3, -0.25) is 4.98 Å². The van der Waals surface area contributed by atoms with Crippen molar-refractivity contribution in [1.29, 1.82) is 0 Å². The first-order chi connectivity index (χ1) is 7.29. The lowest BCUT2D eigenvalue weighted by Crippen LogP contribution is -1.96. The monoisotopic (exact) mass is 218 g/mol. The standard InChI is InChI=1S/C12H14N2S/c1-3-13-11-4-5-14-12(7-11)10-6-9(2)15-8-10/h4-8H,3H2,1-2H3,(H,13,14). The van der Waals surface area contributed by atoms with Crippen LogP contribution in [0.3, 0.4) is 0 Å². The molecule has 0 fully saturated rings. The van der Waals surface area contributed by atoms with Crippen molar-refractivity contribution in [2.45, 2.75) is 13.8 Å². The van der Waals surface area contributed by atoms with Gasteiger partial charge in [-0.2, -0.15) is 0 Å². The van der Waals surface area contributed by atoms with E-state index in [4.69, 9.17) is 0 Å². The van der Waals surface area contributed by atoms with Gasteiger partial charge in [0.1, 0.15) is 0 Å². The van der Waals surface area contributed by atoms with Gasteiger partial charge in [0.15, 0.2) is 0 Å². The van der Waals surface area contributed by atoms with Gasteiger partial charge in [0, 0.05) is 34.2 Å². The van der Waals surface area contributed by atoms with E-state index in [2.05, 4.69) is 41.7 Å². The molecule has 2 aromatic rings. The smallest absolute Gasteiger partial charge is 0.0730 e. The van der Waals surface area contributed by atoms with Crippen LogP contribution in [0.5, 0.6) is 0 Å². The lowest BCUT2D eigenvalue weighted by atomic mass is 10.2. The summed E-state index contributed by atoms with van der Waals surface area (Å²) in [6, 6.07) is 6.25. The summed E-state index contributed by atoms with van der Waals surface area (Å²) in [6.45, 7) is 5.14. The number of aryl methyl sites for hydroxylation is 1. The van der Waals surface area contributed by atoms with Crippen LogP contribution in [0.15, 0.2) is 29.8 Å². The summed E-state index contributed by atoms with van der Waals surface area (Å²) in [5.41, 5.74) is 3.38. The van der Waals surface area contributed by atoms with E-state index in [9.17, 15) is 0 Å². The summed E-state index contributed by atoms with van der Waals surface area (Å²) in [4.78, 5) is 5.69. The first-order valence-electron chi connectivity index (χ1n) is 5.05. The fourth-order valence-corrected chi connectivity index (χ4v) is 2.18. The molecule has 0 atom stereocenters. The number of hydrogen-bond donors (Lipinski definition) is 1. The number of nitrogens with one attached hydrogen (secondary N) is 1. The van der Waals surface area contributed by atoms with Crippen molar-refractivity contribution in [3.63, 3.8) is 0 Å². The third-order valence-electron chi connectivity index (χ3n) is 2.17. The third-order valence-corrected chi connectivity index (χ3v) is 3.03. The molecule has 0 aliphatic heterocycles. The van der Waals surface area contributed by atoms with Crippen LogP contribution < -0.4 is 5.32 Å². The third kappa shape index (κ3) is 2.36. The van der Waals surface area contributed by atoms with Crippen molar-refractivity contribution in [3.8, 4) is 11.3 Å². The van der Waals surface area contributed by atoms with Crippen molar-refractivity contribution in [2.24, 2.45) is 0 Å². The average molecular weight is 218 g/mol. The summed E-state index contributed by atoms with van der Waals surface area (Å²) in [7, 11) is 0. The predicted octanol–water partition coefficient (Wildman–Crippen LogP) is 3.55. The minimum absolute atomic E-state index is 0.937. The lowest BCUT2D eigenvalue weighted by molar-refractivity contribution is 1.20. The second-order valence-corrected chi connectivity index (χ2v) is 4.52. The molecule has 2 heterocycles. The van der Waals surface area contributed by atoms with Gasteiger partial charge >= 0.3 is 0 Å². The Balaban J connectivity index is 2.32. The molecule has 15 heavy (non-hydrogen) atoms. The number of aromatic nitrogens is 1. The first-order valence-corrected chi connectivity index (χ1v) is 5.93. The molecule has 0 aromatic carbocycles. The van der Waals surface area contributed by atoms with Gasteiger partial charge < -0.3 is 5.32 Å². The van der Waals surface area contributed by atoms with E-state index in [0.29, 0.717) is 0 Å². The molecule has 0 spiro atoms. The Morgan fingerprint density at radius 2 is 2.27 bits per heavy atom. The second kappa shape index (κ2) is 4.45. The zero-order chi connectivity index (χ0) is 10.7. The van der Waals surface area contributed by atoms with Crippen LogP contribution in [-0.2, 0) is 0 Å². The Labute approximate surface area is 94.0 Å². The molecule has 2 aromatic heterocycles. The van der Waals surface area contributed by atoms with Crippen LogP contribution >= 0.6 is 11.3 Å². The van der Waals surface area contributed by atoms with Crippen molar-refractivity contribution in [3.05, 3.63) is 34.7 Å². The highest BCUT2D eigenvalue weighted by Gasteiger charge is 2.02. The topological polar surface area (TPSA) is 24.9 Å². The predicted molar refractivity (Wildman–Crippen MR) is 66.5 cm³/mol. The van der Waals surface area contributed by atoms with E-state index >= 15 is 0 Å². The molecule has 3 heteroatoms. The Hall–Kier alpha value is -1.35. The molecule has 2 nitrogen and oxygen atoms in total. The Morgan fingerprint density at radius 1 is 1.40 bits per heavy atom. The van der Waals surface area contributed by atoms with Crippen LogP contribution in [0.25, 0.3) is 11.3 Å². The normalized spacial score (nSPS) is 10.3. The molecule has 0 saturated carbocycles. The molecule has 0 amide bonds. The fourth-order valence-electron chi connectivity index (χ4n) is 1.48. The van der Waals surface area contributed by atoms with Crippen molar-refractivity contribution in [2.75, 3.05) is 11.9 Å². The molecule has 0 unspecified atom stereocenters. The van der Waals surface area contributed by atoms with Crippen molar-refractivity contribution >= 4 is 17.0 Å². The highest BCUT2D eigenvalue weighted by Crippen LogP contribution is 2.24. The van der Waals surface area contributed by atoms with E-state index in [0.717, 1.165) is 17.9 Å². The van der Waals surface area contributed by atoms with Crippen molar-refractivity contribution < 1.29 is 0 Å². The first kappa shape index (κ1) is 10.2. The Kier molecular flexibility index (Phi) is 3.02. The second-order valence-electron chi connectivity index (χ2n) is 3.41. The molecule has 78 valence electrons. The SMILES string of the molecule is CCNc1ccnc(-c2csc(C)c2)c1. The largest absolute Gasteiger partial charge is 0.385 e. The molecule has 0 radical (unpaired) electrons. The molecular weight excluding hydrogens is 204 g/mol. The summed E-state index contributed by atoms with van der Waals surface area (Å²) in [6.07, 6.45) is 1.85. The van der Waals surface area contributed by atoms with Crippen LogP contribution in [0, 0.1) is 6.92 Å². The maximum absolute atomic E-state index is 4.37. The Bertz CT molecular complexity index is 448. The van der Waals surface area contributed by atoms with Crippen LogP contribution in [-0.4, -0.2) is 11.5 Å². The summed E-state index contributed by atoms with van der Waals surface area (Å²) in [5.74, 6) is 0. The van der Waals surface area contributed by atoms with Gasteiger partial charge in [-0.05, 0) is 32.0 Å². The summed E-state index contributed by atoms with van der Waals surface area (Å²) < 4.78 is 0. The summed E-state index contributed by atoms with van der Waals surface area (Å²) in [5, 5.41) is 5.43. The van der Waals surface area contributed by atoms with Crippen LogP contribution in [0.4, 0.5) is 5.69 Å². The lowest BCUT2D eigenvalue weighted by Gasteiger charge is -2.04. The van der Waals surface area contributed by atoms with Crippen LogP contribution in [0.1, 0.15) is 11.8 Å². The molecule has 0 bridgehead atoms. The Morgan fingerprint density at radius 3 is 2.93 bits per heavy atom. The zero-order valence-corrected chi connectivity index (χ0v) is 9.77. The maximum Gasteiger partial charge on any atom is 0.0730 e. The highest BCUT2D eigenvalue weighted by atomic mass is 32.1. The van der Waals surface area contributed by atoms with Crippen LogP contribution in [0.2, 0.25) is 0 Å². The molecule has 0 aliphatic rings. The zero-order valence-electron chi connectivity index (χ0n) is 8.95. The van der Waals surface area contributed by atoms with E-state index in [1.807, 2.05) is 12.3 Å². The van der Waals surface area contributed by atoms with Gasteiger partial charge in [-0.25, -0.2) is 0 Å². The fraction of sp³-hybridized carbons (Fsp3) is 0.250. The molecule has 2 rings (SSSR count). The quantitative estimate of drug-likeness (QED) is 0.852. The van der Waals surface area contributed by atoms with E-state index in [1.54, 1.807) is 11.3 Å².